The van der Waals surface area contributed by atoms with Crippen LogP contribution >= 0.6 is 27.5 Å². The van der Waals surface area contributed by atoms with E-state index in [1.807, 2.05) is 24.3 Å². The maximum absolute atomic E-state index is 14.7. The van der Waals surface area contributed by atoms with Crippen molar-refractivity contribution in [3.05, 3.63) is 68.7 Å². The van der Waals surface area contributed by atoms with E-state index in [4.69, 9.17) is 20.8 Å². The first kappa shape index (κ1) is 21.8. The predicted octanol–water partition coefficient (Wildman–Crippen LogP) is 5.61. The molecular weight excluding hydrogens is 517 g/mol. The first-order valence-electron chi connectivity index (χ1n) is 10.2. The molecule has 2 aliphatic rings. The molecule has 3 aromatic rings. The molecule has 0 saturated carbocycles. The molecule has 0 N–H and O–H groups in total. The van der Waals surface area contributed by atoms with Crippen molar-refractivity contribution in [1.29, 1.82) is 0 Å². The molecule has 7 nitrogen and oxygen atoms in total. The molecule has 1 aliphatic heterocycles. The van der Waals surface area contributed by atoms with Crippen LogP contribution in [-0.2, 0) is 16.2 Å². The SMILES string of the molecule is O=C1C2=C(CCCC2)C(=O)N1c1cc(OCc2nnc(-c3ccccc3Br)o2)c(Cl)cc1F. The molecule has 10 heteroatoms. The average Bonchev–Trinajstić information content (AvgIpc) is 3.37. The molecule has 0 atom stereocenters. The monoisotopic (exact) mass is 531 g/mol. The highest BCUT2D eigenvalue weighted by Crippen LogP contribution is 2.39. The number of rotatable bonds is 5. The molecule has 2 aromatic carbocycles. The number of aromatic nitrogens is 2. The number of amides is 2. The van der Waals surface area contributed by atoms with Gasteiger partial charge in [0.1, 0.15) is 11.6 Å². The van der Waals surface area contributed by atoms with Crippen LogP contribution in [0.1, 0.15) is 31.6 Å². The molecule has 0 radical (unpaired) electrons. The molecule has 0 unspecified atom stereocenters. The van der Waals surface area contributed by atoms with Crippen LogP contribution in [-0.4, -0.2) is 22.0 Å². The van der Waals surface area contributed by atoms with E-state index in [0.29, 0.717) is 29.9 Å². The van der Waals surface area contributed by atoms with Gasteiger partial charge in [0.25, 0.3) is 17.7 Å². The minimum Gasteiger partial charge on any atom is -0.482 e. The van der Waals surface area contributed by atoms with Gasteiger partial charge in [-0.25, -0.2) is 9.29 Å². The number of halogens is 3. The second-order valence-corrected chi connectivity index (χ2v) is 8.87. The minimum atomic E-state index is -0.789. The smallest absolute Gasteiger partial charge is 0.261 e. The molecule has 1 aliphatic carbocycles. The Labute approximate surface area is 201 Å². The fourth-order valence-electron chi connectivity index (χ4n) is 3.95. The Bertz CT molecular complexity index is 1290. The van der Waals surface area contributed by atoms with Crippen molar-refractivity contribution in [1.82, 2.24) is 10.2 Å². The van der Waals surface area contributed by atoms with E-state index in [-0.39, 0.29) is 29.0 Å². The van der Waals surface area contributed by atoms with Gasteiger partial charge >= 0.3 is 0 Å². The number of imide groups is 1. The summed E-state index contributed by atoms with van der Waals surface area (Å²) in [6, 6.07) is 9.64. The van der Waals surface area contributed by atoms with Crippen molar-refractivity contribution in [2.75, 3.05) is 4.90 Å². The minimum absolute atomic E-state index is 0.0152. The van der Waals surface area contributed by atoms with Crippen molar-refractivity contribution >= 4 is 45.0 Å². The molecule has 0 spiro atoms. The zero-order valence-electron chi connectivity index (χ0n) is 17.1. The van der Waals surface area contributed by atoms with E-state index in [1.165, 1.54) is 6.07 Å². The standard InChI is InChI=1S/C23H16BrClFN3O4/c24-15-8-4-3-7-14(15)21-28-27-20(33-21)11-32-19-10-18(17(26)9-16(19)25)29-22(30)12-5-1-2-6-13(12)23(29)31/h3-4,7-10H,1-2,5-6,11H2. The normalized spacial score (nSPS) is 15.9. The Morgan fingerprint density at radius 2 is 1.79 bits per heavy atom. The Hall–Kier alpha value is -3.04. The van der Waals surface area contributed by atoms with Gasteiger partial charge in [-0.3, -0.25) is 9.59 Å². The first-order chi connectivity index (χ1) is 15.9. The summed E-state index contributed by atoms with van der Waals surface area (Å²) in [5, 5.41) is 7.96. The van der Waals surface area contributed by atoms with Crippen LogP contribution in [0.4, 0.5) is 10.1 Å². The van der Waals surface area contributed by atoms with E-state index >= 15 is 0 Å². The lowest BCUT2D eigenvalue weighted by atomic mass is 9.93. The quantitative estimate of drug-likeness (QED) is 0.397. The zero-order valence-corrected chi connectivity index (χ0v) is 19.5. The van der Waals surface area contributed by atoms with Gasteiger partial charge in [0.05, 0.1) is 16.3 Å². The summed E-state index contributed by atoms with van der Waals surface area (Å²) < 4.78 is 26.9. The third kappa shape index (κ3) is 3.95. The summed E-state index contributed by atoms with van der Waals surface area (Å²) >= 11 is 9.59. The molecule has 0 fully saturated rings. The molecule has 0 bridgehead atoms. The molecule has 168 valence electrons. The number of carbonyl (C=O) groups is 2. The number of nitrogens with zero attached hydrogens (tertiary/aromatic N) is 3. The lowest BCUT2D eigenvalue weighted by molar-refractivity contribution is -0.120. The first-order valence-corrected chi connectivity index (χ1v) is 11.4. The summed E-state index contributed by atoms with van der Waals surface area (Å²) in [7, 11) is 0. The second-order valence-electron chi connectivity index (χ2n) is 7.61. The summed E-state index contributed by atoms with van der Waals surface area (Å²) in [5.41, 5.74) is 1.46. The number of benzene rings is 2. The molecule has 5 rings (SSSR count). The second kappa shape index (κ2) is 8.72. The number of hydrogen-bond acceptors (Lipinski definition) is 6. The highest BCUT2D eigenvalue weighted by Gasteiger charge is 2.41. The molecule has 1 aromatic heterocycles. The van der Waals surface area contributed by atoms with Crippen LogP contribution < -0.4 is 9.64 Å². The molecule has 0 saturated heterocycles. The lowest BCUT2D eigenvalue weighted by Crippen LogP contribution is -2.32. The van der Waals surface area contributed by atoms with E-state index in [2.05, 4.69) is 26.1 Å². The van der Waals surface area contributed by atoms with Crippen LogP contribution in [0.3, 0.4) is 0 Å². The van der Waals surface area contributed by atoms with Crippen LogP contribution in [0, 0.1) is 5.82 Å². The van der Waals surface area contributed by atoms with Gasteiger partial charge in [0, 0.05) is 21.7 Å². The average molecular weight is 533 g/mol. The van der Waals surface area contributed by atoms with E-state index in [1.54, 1.807) is 0 Å². The van der Waals surface area contributed by atoms with Crippen molar-refractivity contribution in [3.8, 4) is 17.2 Å². The number of carbonyl (C=O) groups excluding carboxylic acids is 2. The summed E-state index contributed by atoms with van der Waals surface area (Å²) in [6.45, 7) is -0.140. The van der Waals surface area contributed by atoms with Crippen molar-refractivity contribution in [2.24, 2.45) is 0 Å². The number of anilines is 1. The predicted molar refractivity (Wildman–Crippen MR) is 121 cm³/mol. The van der Waals surface area contributed by atoms with E-state index < -0.39 is 17.6 Å². The third-order valence-corrected chi connectivity index (χ3v) is 6.54. The van der Waals surface area contributed by atoms with Crippen molar-refractivity contribution in [2.45, 2.75) is 32.3 Å². The van der Waals surface area contributed by atoms with E-state index in [9.17, 15) is 14.0 Å². The van der Waals surface area contributed by atoms with Gasteiger partial charge in [-0.2, -0.15) is 0 Å². The number of hydrogen-bond donors (Lipinski definition) is 0. The Morgan fingerprint density at radius 1 is 1.09 bits per heavy atom. The van der Waals surface area contributed by atoms with Gasteiger partial charge in [-0.15, -0.1) is 10.2 Å². The summed E-state index contributed by atoms with van der Waals surface area (Å²) in [4.78, 5) is 26.5. The van der Waals surface area contributed by atoms with Gasteiger partial charge in [0.15, 0.2) is 6.61 Å². The fraction of sp³-hybridized carbons (Fsp3) is 0.217. The fourth-order valence-corrected chi connectivity index (χ4v) is 4.61. The third-order valence-electron chi connectivity index (χ3n) is 5.55. The van der Waals surface area contributed by atoms with Gasteiger partial charge in [-0.05, 0) is 59.8 Å². The molecule has 33 heavy (non-hydrogen) atoms. The molecule has 2 heterocycles. The Morgan fingerprint density at radius 3 is 2.48 bits per heavy atom. The molecule has 2 amide bonds. The maximum atomic E-state index is 14.7. The van der Waals surface area contributed by atoms with Gasteiger partial charge in [0.2, 0.25) is 5.89 Å². The van der Waals surface area contributed by atoms with Gasteiger partial charge < -0.3 is 9.15 Å². The van der Waals surface area contributed by atoms with Crippen molar-refractivity contribution < 1.29 is 23.1 Å². The summed E-state index contributed by atoms with van der Waals surface area (Å²) in [6.07, 6.45) is 2.70. The maximum Gasteiger partial charge on any atom is 0.261 e. The number of ether oxygens (including phenoxy) is 1. The summed E-state index contributed by atoms with van der Waals surface area (Å²) in [5.74, 6) is -1.21. The van der Waals surface area contributed by atoms with Crippen LogP contribution in [0.25, 0.3) is 11.5 Å². The Kier molecular flexibility index (Phi) is 5.76. The van der Waals surface area contributed by atoms with Crippen LogP contribution in [0.2, 0.25) is 5.02 Å². The van der Waals surface area contributed by atoms with Gasteiger partial charge in [-0.1, -0.05) is 23.7 Å². The van der Waals surface area contributed by atoms with Crippen molar-refractivity contribution in [3.63, 3.8) is 0 Å². The highest BCUT2D eigenvalue weighted by atomic mass is 79.9. The van der Waals surface area contributed by atoms with E-state index in [0.717, 1.165) is 33.8 Å². The van der Waals surface area contributed by atoms with Crippen LogP contribution in [0.15, 0.2) is 56.4 Å². The largest absolute Gasteiger partial charge is 0.482 e. The molecular formula is C23H16BrClFN3O4. The zero-order chi connectivity index (χ0) is 23.1. The highest BCUT2D eigenvalue weighted by molar-refractivity contribution is 9.10. The van der Waals surface area contributed by atoms with Crippen LogP contribution in [0.5, 0.6) is 5.75 Å². The Balaban J connectivity index is 1.38. The lowest BCUT2D eigenvalue weighted by Gasteiger charge is -2.18. The topological polar surface area (TPSA) is 85.5 Å².